The van der Waals surface area contributed by atoms with Gasteiger partial charge in [0, 0.05) is 35.6 Å². The fraction of sp³-hybridized carbons (Fsp3) is 0. The van der Waals surface area contributed by atoms with Gasteiger partial charge in [-0.15, -0.1) is 0 Å². The summed E-state index contributed by atoms with van der Waals surface area (Å²) in [7, 11) is 0. The normalized spacial score (nSPS) is 10.9. The van der Waals surface area contributed by atoms with Gasteiger partial charge in [-0.25, -0.2) is 14.6 Å². The van der Waals surface area contributed by atoms with Gasteiger partial charge >= 0.3 is 0 Å². The van der Waals surface area contributed by atoms with Crippen LogP contribution in [0.1, 0.15) is 0 Å². The molecule has 3 aromatic heterocycles. The first-order valence-corrected chi connectivity index (χ1v) is 6.58. The Morgan fingerprint density at radius 2 is 1.86 bits per heavy atom. The summed E-state index contributed by atoms with van der Waals surface area (Å²) in [6.07, 6.45) is 6.93. The van der Waals surface area contributed by atoms with Crippen LogP contribution in [0.2, 0.25) is 0 Å². The molecule has 0 amide bonds. The monoisotopic (exact) mass is 273 g/mol. The van der Waals surface area contributed by atoms with Crippen LogP contribution in [0.25, 0.3) is 28.0 Å². The van der Waals surface area contributed by atoms with Crippen LogP contribution in [-0.2, 0) is 0 Å². The molecule has 3 heterocycles. The van der Waals surface area contributed by atoms with E-state index in [9.17, 15) is 0 Å². The highest BCUT2D eigenvalue weighted by molar-refractivity contribution is 5.93. The molecule has 1 aromatic carbocycles. The van der Waals surface area contributed by atoms with Crippen molar-refractivity contribution in [3.8, 4) is 17.1 Å². The lowest BCUT2D eigenvalue weighted by Gasteiger charge is -2.07. The number of pyridine rings is 1. The molecule has 5 heteroatoms. The molecule has 0 bridgehead atoms. The summed E-state index contributed by atoms with van der Waals surface area (Å²) in [4.78, 5) is 13.0. The lowest BCUT2D eigenvalue weighted by Crippen LogP contribution is -1.99. The Bertz CT molecular complexity index is 894. The van der Waals surface area contributed by atoms with Crippen LogP contribution in [0.3, 0.4) is 0 Å². The third-order valence-electron chi connectivity index (χ3n) is 3.31. The Kier molecular flexibility index (Phi) is 2.67. The van der Waals surface area contributed by atoms with Crippen molar-refractivity contribution >= 4 is 10.9 Å². The molecule has 0 atom stereocenters. The van der Waals surface area contributed by atoms with Gasteiger partial charge in [0.05, 0.1) is 11.2 Å². The Balaban J connectivity index is 1.91. The summed E-state index contributed by atoms with van der Waals surface area (Å²) < 4.78 is 1.72. The Labute approximate surface area is 120 Å². The second-order valence-corrected chi connectivity index (χ2v) is 4.59. The molecule has 100 valence electrons. The highest BCUT2D eigenvalue weighted by Crippen LogP contribution is 2.26. The van der Waals surface area contributed by atoms with Crippen molar-refractivity contribution in [2.75, 3.05) is 0 Å². The number of rotatable bonds is 2. The maximum atomic E-state index is 4.39. The molecule has 0 radical (unpaired) electrons. The number of hydrogen-bond acceptors (Lipinski definition) is 4. The van der Waals surface area contributed by atoms with E-state index >= 15 is 0 Å². The molecule has 0 saturated heterocycles. The molecular weight excluding hydrogens is 262 g/mol. The average Bonchev–Trinajstić information content (AvgIpc) is 3.09. The van der Waals surface area contributed by atoms with Crippen LogP contribution in [0, 0.1) is 0 Å². The Morgan fingerprint density at radius 3 is 2.76 bits per heavy atom. The lowest BCUT2D eigenvalue weighted by atomic mass is 10.1. The summed E-state index contributed by atoms with van der Waals surface area (Å²) in [5.41, 5.74) is 2.85. The van der Waals surface area contributed by atoms with Gasteiger partial charge < -0.3 is 0 Å². The zero-order valence-electron chi connectivity index (χ0n) is 11.1. The summed E-state index contributed by atoms with van der Waals surface area (Å²) in [5, 5.41) is 5.27. The van der Waals surface area contributed by atoms with Crippen molar-refractivity contribution in [3.05, 3.63) is 67.4 Å². The maximum Gasteiger partial charge on any atom is 0.157 e. The molecule has 0 spiro atoms. The van der Waals surface area contributed by atoms with Crippen LogP contribution in [0.15, 0.2) is 67.4 Å². The summed E-state index contributed by atoms with van der Waals surface area (Å²) in [5.74, 6) is 0.742. The van der Waals surface area contributed by atoms with E-state index in [0.29, 0.717) is 0 Å². The molecule has 4 aromatic rings. The van der Waals surface area contributed by atoms with Crippen molar-refractivity contribution in [2.45, 2.75) is 0 Å². The van der Waals surface area contributed by atoms with Gasteiger partial charge in [0.15, 0.2) is 5.82 Å². The Hall–Kier alpha value is -3.08. The first kappa shape index (κ1) is 11.7. The van der Waals surface area contributed by atoms with Gasteiger partial charge in [0.2, 0.25) is 0 Å². The standard InChI is InChI=1S/C16H11N5/c1-4-13(12-5-2-7-17-14(12)6-1)15-10-16(19-11-18-15)21-9-3-8-20-21/h1-11H. The van der Waals surface area contributed by atoms with Crippen molar-refractivity contribution < 1.29 is 0 Å². The molecule has 0 fully saturated rings. The van der Waals surface area contributed by atoms with Gasteiger partial charge in [-0.3, -0.25) is 4.98 Å². The van der Waals surface area contributed by atoms with E-state index in [1.165, 1.54) is 0 Å². The predicted molar refractivity (Wildman–Crippen MR) is 79.9 cm³/mol. The molecular formula is C16H11N5. The van der Waals surface area contributed by atoms with E-state index in [2.05, 4.69) is 20.1 Å². The van der Waals surface area contributed by atoms with E-state index in [1.54, 1.807) is 23.4 Å². The quantitative estimate of drug-likeness (QED) is 0.563. The second-order valence-electron chi connectivity index (χ2n) is 4.59. The number of benzene rings is 1. The Morgan fingerprint density at radius 1 is 0.857 bits per heavy atom. The number of nitrogens with zero attached hydrogens (tertiary/aromatic N) is 5. The highest BCUT2D eigenvalue weighted by atomic mass is 15.3. The van der Waals surface area contributed by atoms with Crippen LogP contribution < -0.4 is 0 Å². The zero-order valence-corrected chi connectivity index (χ0v) is 11.1. The topological polar surface area (TPSA) is 56.5 Å². The molecule has 0 N–H and O–H groups in total. The van der Waals surface area contributed by atoms with Gasteiger partial charge in [0.25, 0.3) is 0 Å². The zero-order chi connectivity index (χ0) is 14.1. The van der Waals surface area contributed by atoms with Crippen LogP contribution in [0.5, 0.6) is 0 Å². The summed E-state index contributed by atoms with van der Waals surface area (Å²) in [6, 6.07) is 13.8. The predicted octanol–water partition coefficient (Wildman–Crippen LogP) is 2.88. The van der Waals surface area contributed by atoms with E-state index in [-0.39, 0.29) is 0 Å². The molecule has 0 unspecified atom stereocenters. The third kappa shape index (κ3) is 2.04. The maximum absolute atomic E-state index is 4.39. The fourth-order valence-corrected chi connectivity index (χ4v) is 2.35. The molecule has 0 saturated carbocycles. The second kappa shape index (κ2) is 4.79. The van der Waals surface area contributed by atoms with E-state index in [1.807, 2.05) is 48.7 Å². The third-order valence-corrected chi connectivity index (χ3v) is 3.31. The first-order valence-electron chi connectivity index (χ1n) is 6.58. The molecule has 21 heavy (non-hydrogen) atoms. The molecule has 4 rings (SSSR count). The van der Waals surface area contributed by atoms with Crippen molar-refractivity contribution in [1.29, 1.82) is 0 Å². The van der Waals surface area contributed by atoms with E-state index in [0.717, 1.165) is 28.0 Å². The smallest absolute Gasteiger partial charge is 0.157 e. The number of fused-ring (bicyclic) bond motifs is 1. The van der Waals surface area contributed by atoms with Crippen LogP contribution in [0.4, 0.5) is 0 Å². The lowest BCUT2D eigenvalue weighted by molar-refractivity contribution is 0.840. The summed E-state index contributed by atoms with van der Waals surface area (Å²) in [6.45, 7) is 0. The highest BCUT2D eigenvalue weighted by Gasteiger charge is 2.07. The van der Waals surface area contributed by atoms with Crippen LogP contribution >= 0.6 is 0 Å². The SMILES string of the molecule is c1cc(-c2cc(-n3cccn3)ncn2)c2cccnc2c1. The van der Waals surface area contributed by atoms with Crippen LogP contribution in [-0.4, -0.2) is 24.7 Å². The number of hydrogen-bond donors (Lipinski definition) is 0. The largest absolute Gasteiger partial charge is 0.256 e. The number of aromatic nitrogens is 5. The molecule has 0 aliphatic rings. The minimum absolute atomic E-state index is 0.742. The van der Waals surface area contributed by atoms with Crippen molar-refractivity contribution in [1.82, 2.24) is 24.7 Å². The minimum atomic E-state index is 0.742. The van der Waals surface area contributed by atoms with Gasteiger partial charge in [-0.2, -0.15) is 5.10 Å². The molecule has 5 nitrogen and oxygen atoms in total. The minimum Gasteiger partial charge on any atom is -0.256 e. The van der Waals surface area contributed by atoms with Gasteiger partial charge in [-0.05, 0) is 18.2 Å². The molecule has 0 aliphatic carbocycles. The molecule has 0 aliphatic heterocycles. The summed E-state index contributed by atoms with van der Waals surface area (Å²) >= 11 is 0. The first-order chi connectivity index (χ1) is 10.4. The van der Waals surface area contributed by atoms with Gasteiger partial charge in [-0.1, -0.05) is 18.2 Å². The average molecular weight is 273 g/mol. The van der Waals surface area contributed by atoms with Crippen molar-refractivity contribution in [2.24, 2.45) is 0 Å². The van der Waals surface area contributed by atoms with E-state index < -0.39 is 0 Å². The van der Waals surface area contributed by atoms with Crippen molar-refractivity contribution in [3.63, 3.8) is 0 Å². The fourth-order valence-electron chi connectivity index (χ4n) is 2.35. The van der Waals surface area contributed by atoms with Gasteiger partial charge in [0.1, 0.15) is 6.33 Å². The van der Waals surface area contributed by atoms with E-state index in [4.69, 9.17) is 0 Å².